The highest BCUT2D eigenvalue weighted by molar-refractivity contribution is 7.90. The van der Waals surface area contributed by atoms with Crippen molar-refractivity contribution >= 4 is 15.8 Å². The Labute approximate surface area is 171 Å². The first-order valence-electron chi connectivity index (χ1n) is 9.36. The molecule has 0 aliphatic heterocycles. The summed E-state index contributed by atoms with van der Waals surface area (Å²) in [7, 11) is -2.99. The summed E-state index contributed by atoms with van der Waals surface area (Å²) in [6.45, 7) is 4.97. The Morgan fingerprint density at radius 2 is 1.97 bits per heavy atom. The van der Waals surface area contributed by atoms with Crippen LogP contribution in [0.5, 0.6) is 11.6 Å². The van der Waals surface area contributed by atoms with Crippen molar-refractivity contribution in [2.24, 2.45) is 4.99 Å². The number of guanidine groups is 1. The molecule has 0 aliphatic rings. The van der Waals surface area contributed by atoms with E-state index in [4.69, 9.17) is 4.74 Å². The molecule has 0 saturated heterocycles. The van der Waals surface area contributed by atoms with Gasteiger partial charge in [-0.3, -0.25) is 0 Å². The van der Waals surface area contributed by atoms with Gasteiger partial charge in [-0.2, -0.15) is 0 Å². The smallest absolute Gasteiger partial charge is 0.219 e. The Balaban J connectivity index is 1.93. The summed E-state index contributed by atoms with van der Waals surface area (Å²) in [5.74, 6) is 1.32. The SMILES string of the molecule is CCNC(=NCc1ccc(Oc2ccc(F)cc2)nc1)NC(C)CCS(C)(=O)=O. The van der Waals surface area contributed by atoms with Crippen molar-refractivity contribution in [3.05, 3.63) is 54.0 Å². The van der Waals surface area contributed by atoms with Crippen LogP contribution in [0.2, 0.25) is 0 Å². The van der Waals surface area contributed by atoms with E-state index in [1.54, 1.807) is 12.3 Å². The molecule has 0 aliphatic carbocycles. The molecule has 0 amide bonds. The highest BCUT2D eigenvalue weighted by atomic mass is 32.2. The van der Waals surface area contributed by atoms with Crippen molar-refractivity contribution < 1.29 is 17.5 Å². The van der Waals surface area contributed by atoms with Gasteiger partial charge in [-0.05, 0) is 50.1 Å². The van der Waals surface area contributed by atoms with Crippen LogP contribution in [0.1, 0.15) is 25.8 Å². The Kier molecular flexibility index (Phi) is 8.38. The van der Waals surface area contributed by atoms with Crippen LogP contribution in [0, 0.1) is 5.82 Å². The number of hydrogen-bond donors (Lipinski definition) is 2. The minimum atomic E-state index is -2.99. The lowest BCUT2D eigenvalue weighted by molar-refractivity contribution is 0.461. The number of ether oxygens (including phenoxy) is 1. The lowest BCUT2D eigenvalue weighted by Gasteiger charge is -2.17. The van der Waals surface area contributed by atoms with E-state index in [2.05, 4.69) is 20.6 Å². The largest absolute Gasteiger partial charge is 0.439 e. The van der Waals surface area contributed by atoms with Gasteiger partial charge in [0, 0.05) is 31.1 Å². The van der Waals surface area contributed by atoms with Crippen LogP contribution in [0.25, 0.3) is 0 Å². The predicted octanol–water partition coefficient (Wildman–Crippen LogP) is 2.89. The molecule has 158 valence electrons. The van der Waals surface area contributed by atoms with Crippen molar-refractivity contribution in [1.29, 1.82) is 0 Å². The Morgan fingerprint density at radius 1 is 1.24 bits per heavy atom. The molecular weight excluding hydrogens is 395 g/mol. The third-order valence-corrected chi connectivity index (χ3v) is 4.88. The maximum atomic E-state index is 12.9. The van der Waals surface area contributed by atoms with E-state index in [1.165, 1.54) is 30.5 Å². The zero-order valence-corrected chi connectivity index (χ0v) is 17.7. The van der Waals surface area contributed by atoms with Crippen LogP contribution in [-0.4, -0.2) is 44.0 Å². The summed E-state index contributed by atoms with van der Waals surface area (Å²) in [5, 5.41) is 6.35. The standard InChI is InChI=1S/C20H27FN4O3S/c1-4-22-20(25-15(2)11-12-29(3,26)27)24-14-16-5-10-19(23-13-16)28-18-8-6-17(21)7-9-18/h5-10,13,15H,4,11-12,14H2,1-3H3,(H2,22,24,25). The van der Waals surface area contributed by atoms with E-state index in [9.17, 15) is 12.8 Å². The van der Waals surface area contributed by atoms with Gasteiger partial charge in [0.05, 0.1) is 12.3 Å². The van der Waals surface area contributed by atoms with Crippen molar-refractivity contribution in [1.82, 2.24) is 15.6 Å². The number of nitrogens with one attached hydrogen (secondary N) is 2. The summed E-state index contributed by atoms with van der Waals surface area (Å²) in [6.07, 6.45) is 3.40. The molecule has 1 atom stereocenters. The molecule has 1 unspecified atom stereocenters. The van der Waals surface area contributed by atoms with Crippen LogP contribution in [0.15, 0.2) is 47.6 Å². The molecule has 0 fully saturated rings. The van der Waals surface area contributed by atoms with Gasteiger partial charge in [0.2, 0.25) is 5.88 Å². The number of benzene rings is 1. The van der Waals surface area contributed by atoms with Gasteiger partial charge in [-0.25, -0.2) is 22.8 Å². The monoisotopic (exact) mass is 422 g/mol. The number of aliphatic imine (C=N–C) groups is 1. The number of hydrogen-bond acceptors (Lipinski definition) is 5. The minimum Gasteiger partial charge on any atom is -0.439 e. The zero-order chi connectivity index (χ0) is 21.3. The van der Waals surface area contributed by atoms with E-state index in [-0.39, 0.29) is 17.6 Å². The van der Waals surface area contributed by atoms with Crippen LogP contribution >= 0.6 is 0 Å². The van der Waals surface area contributed by atoms with Gasteiger partial charge < -0.3 is 15.4 Å². The lowest BCUT2D eigenvalue weighted by Crippen LogP contribution is -2.42. The van der Waals surface area contributed by atoms with E-state index in [1.807, 2.05) is 19.9 Å². The van der Waals surface area contributed by atoms with Gasteiger partial charge in [0.25, 0.3) is 0 Å². The number of halogens is 1. The molecule has 2 rings (SSSR count). The molecular formula is C20H27FN4O3S. The first-order valence-corrected chi connectivity index (χ1v) is 11.4. The number of rotatable bonds is 9. The van der Waals surface area contributed by atoms with E-state index in [0.717, 1.165) is 5.56 Å². The fraction of sp³-hybridized carbons (Fsp3) is 0.400. The van der Waals surface area contributed by atoms with E-state index >= 15 is 0 Å². The fourth-order valence-corrected chi connectivity index (χ4v) is 3.16. The third kappa shape index (κ3) is 8.91. The molecule has 2 aromatic rings. The number of aromatic nitrogens is 1. The molecule has 0 radical (unpaired) electrons. The average Bonchev–Trinajstić information content (AvgIpc) is 2.67. The molecule has 1 aromatic heterocycles. The molecule has 0 spiro atoms. The molecule has 0 bridgehead atoms. The molecule has 1 aromatic carbocycles. The second kappa shape index (κ2) is 10.8. The Hall–Kier alpha value is -2.68. The van der Waals surface area contributed by atoms with Crippen LogP contribution < -0.4 is 15.4 Å². The number of nitrogens with zero attached hydrogens (tertiary/aromatic N) is 2. The van der Waals surface area contributed by atoms with Crippen molar-refractivity contribution in [2.75, 3.05) is 18.6 Å². The molecule has 9 heteroatoms. The summed E-state index contributed by atoms with van der Waals surface area (Å²) >= 11 is 0. The van der Waals surface area contributed by atoms with Crippen LogP contribution in [0.4, 0.5) is 4.39 Å². The maximum Gasteiger partial charge on any atom is 0.219 e. The highest BCUT2D eigenvalue weighted by Gasteiger charge is 2.09. The Bertz CT molecular complexity index is 900. The molecule has 0 saturated carbocycles. The Morgan fingerprint density at radius 3 is 2.55 bits per heavy atom. The number of pyridine rings is 1. The van der Waals surface area contributed by atoms with Crippen molar-refractivity contribution in [3.63, 3.8) is 0 Å². The highest BCUT2D eigenvalue weighted by Crippen LogP contribution is 2.19. The predicted molar refractivity (Wildman–Crippen MR) is 112 cm³/mol. The zero-order valence-electron chi connectivity index (χ0n) is 16.9. The quantitative estimate of drug-likeness (QED) is 0.477. The maximum absolute atomic E-state index is 12.9. The summed E-state index contributed by atoms with van der Waals surface area (Å²) in [6, 6.07) is 9.26. The van der Waals surface area contributed by atoms with E-state index < -0.39 is 9.84 Å². The van der Waals surface area contributed by atoms with Crippen molar-refractivity contribution in [3.8, 4) is 11.6 Å². The first-order chi connectivity index (χ1) is 13.7. The second-order valence-corrected chi connectivity index (χ2v) is 8.98. The molecule has 1 heterocycles. The summed E-state index contributed by atoms with van der Waals surface area (Å²) < 4.78 is 41.1. The number of sulfone groups is 1. The van der Waals surface area contributed by atoms with Gasteiger partial charge >= 0.3 is 0 Å². The van der Waals surface area contributed by atoms with Gasteiger partial charge in [0.15, 0.2) is 5.96 Å². The minimum absolute atomic E-state index is 0.0351. The third-order valence-electron chi connectivity index (χ3n) is 3.90. The van der Waals surface area contributed by atoms with Crippen LogP contribution in [-0.2, 0) is 16.4 Å². The molecule has 2 N–H and O–H groups in total. The molecule has 7 nitrogen and oxygen atoms in total. The molecule has 29 heavy (non-hydrogen) atoms. The average molecular weight is 423 g/mol. The fourth-order valence-electron chi connectivity index (χ4n) is 2.37. The summed E-state index contributed by atoms with van der Waals surface area (Å²) in [4.78, 5) is 8.76. The summed E-state index contributed by atoms with van der Waals surface area (Å²) in [5.41, 5.74) is 0.887. The normalized spacial score (nSPS) is 13.0. The van der Waals surface area contributed by atoms with Gasteiger partial charge in [0.1, 0.15) is 21.4 Å². The van der Waals surface area contributed by atoms with E-state index in [0.29, 0.717) is 37.1 Å². The topological polar surface area (TPSA) is 92.7 Å². The van der Waals surface area contributed by atoms with Gasteiger partial charge in [-0.1, -0.05) is 6.07 Å². The van der Waals surface area contributed by atoms with Gasteiger partial charge in [-0.15, -0.1) is 0 Å². The first kappa shape index (κ1) is 22.6. The van der Waals surface area contributed by atoms with Crippen LogP contribution in [0.3, 0.4) is 0 Å². The van der Waals surface area contributed by atoms with Crippen molar-refractivity contribution in [2.45, 2.75) is 32.9 Å². The second-order valence-electron chi connectivity index (χ2n) is 6.72. The lowest BCUT2D eigenvalue weighted by atomic mass is 10.2.